The fourth-order valence-electron chi connectivity index (χ4n) is 3.40. The van der Waals surface area contributed by atoms with Gasteiger partial charge < -0.3 is 5.32 Å². The van der Waals surface area contributed by atoms with E-state index < -0.39 is 0 Å². The van der Waals surface area contributed by atoms with Crippen LogP contribution in [0.4, 0.5) is 10.1 Å². The summed E-state index contributed by atoms with van der Waals surface area (Å²) in [4.78, 5) is 29.9. The second-order valence-electron chi connectivity index (χ2n) is 7.48. The van der Waals surface area contributed by atoms with Crippen LogP contribution in [0.2, 0.25) is 0 Å². The molecule has 0 spiro atoms. The van der Waals surface area contributed by atoms with Gasteiger partial charge in [0.05, 0.1) is 11.9 Å². The van der Waals surface area contributed by atoms with Gasteiger partial charge in [0.1, 0.15) is 17.0 Å². The van der Waals surface area contributed by atoms with E-state index in [-0.39, 0.29) is 30.2 Å². The SMILES string of the molecule is Cc1ccc(NC(=O)CCn2c(C)nc3c(cnn3-c3ccc(F)cc3)c2=O)cc1C. The van der Waals surface area contributed by atoms with Gasteiger partial charge >= 0.3 is 0 Å². The minimum absolute atomic E-state index is 0.132. The number of aryl methyl sites for hydroxylation is 3. The molecule has 0 saturated heterocycles. The van der Waals surface area contributed by atoms with E-state index in [1.807, 2.05) is 32.0 Å². The summed E-state index contributed by atoms with van der Waals surface area (Å²) in [7, 11) is 0. The Morgan fingerprint density at radius 2 is 1.81 bits per heavy atom. The molecule has 8 heteroatoms. The zero-order valence-electron chi connectivity index (χ0n) is 17.5. The number of carbonyl (C=O) groups excluding carboxylic acids is 1. The van der Waals surface area contributed by atoms with E-state index >= 15 is 0 Å². The minimum Gasteiger partial charge on any atom is -0.326 e. The zero-order chi connectivity index (χ0) is 22.1. The van der Waals surface area contributed by atoms with Crippen LogP contribution in [0.3, 0.4) is 0 Å². The van der Waals surface area contributed by atoms with Gasteiger partial charge in [-0.05, 0) is 68.3 Å². The van der Waals surface area contributed by atoms with E-state index in [9.17, 15) is 14.0 Å². The molecule has 2 aromatic heterocycles. The highest BCUT2D eigenvalue weighted by Gasteiger charge is 2.15. The highest BCUT2D eigenvalue weighted by Crippen LogP contribution is 2.16. The number of rotatable bonds is 5. The van der Waals surface area contributed by atoms with E-state index in [0.717, 1.165) is 16.8 Å². The predicted octanol–water partition coefficient (Wildman–Crippen LogP) is 3.68. The maximum absolute atomic E-state index is 13.2. The largest absolute Gasteiger partial charge is 0.326 e. The van der Waals surface area contributed by atoms with Crippen molar-refractivity contribution >= 4 is 22.6 Å². The van der Waals surface area contributed by atoms with E-state index in [2.05, 4.69) is 15.4 Å². The van der Waals surface area contributed by atoms with Gasteiger partial charge in [0, 0.05) is 18.7 Å². The predicted molar refractivity (Wildman–Crippen MR) is 117 cm³/mol. The minimum atomic E-state index is -0.356. The topological polar surface area (TPSA) is 81.8 Å². The Kier molecular flexibility index (Phi) is 5.37. The molecule has 4 rings (SSSR count). The molecule has 158 valence electrons. The Morgan fingerprint density at radius 1 is 1.06 bits per heavy atom. The van der Waals surface area contributed by atoms with Gasteiger partial charge in [0.2, 0.25) is 5.91 Å². The van der Waals surface area contributed by atoms with E-state index in [1.54, 1.807) is 19.1 Å². The lowest BCUT2D eigenvalue weighted by atomic mass is 10.1. The molecule has 1 amide bonds. The number of fused-ring (bicyclic) bond motifs is 1. The van der Waals surface area contributed by atoms with Crippen molar-refractivity contribution in [3.63, 3.8) is 0 Å². The standard InChI is InChI=1S/C23H22FN5O2/c1-14-4-7-18(12-15(14)2)27-21(30)10-11-28-16(3)26-22-20(23(28)31)13-25-29(22)19-8-5-17(24)6-9-19/h4-9,12-13H,10-11H2,1-3H3,(H,27,30). The highest BCUT2D eigenvalue weighted by atomic mass is 19.1. The summed E-state index contributed by atoms with van der Waals surface area (Å²) in [5.74, 6) is -0.0669. The van der Waals surface area contributed by atoms with Crippen molar-refractivity contribution in [1.82, 2.24) is 19.3 Å². The molecule has 31 heavy (non-hydrogen) atoms. The van der Waals surface area contributed by atoms with E-state index in [1.165, 1.54) is 27.6 Å². The number of hydrogen-bond acceptors (Lipinski definition) is 4. The van der Waals surface area contributed by atoms with Crippen molar-refractivity contribution in [2.24, 2.45) is 0 Å². The van der Waals surface area contributed by atoms with Gasteiger partial charge in [-0.1, -0.05) is 6.07 Å². The molecule has 0 unspecified atom stereocenters. The number of hydrogen-bond donors (Lipinski definition) is 1. The van der Waals surface area contributed by atoms with Crippen molar-refractivity contribution in [1.29, 1.82) is 0 Å². The number of anilines is 1. The third-order valence-electron chi connectivity index (χ3n) is 5.30. The molecule has 0 saturated carbocycles. The Bertz CT molecular complexity index is 1340. The van der Waals surface area contributed by atoms with Gasteiger partial charge in [-0.2, -0.15) is 5.10 Å². The van der Waals surface area contributed by atoms with Crippen LogP contribution >= 0.6 is 0 Å². The fourth-order valence-corrected chi connectivity index (χ4v) is 3.40. The van der Waals surface area contributed by atoms with Gasteiger partial charge in [-0.15, -0.1) is 0 Å². The van der Waals surface area contributed by atoms with Crippen LogP contribution in [0.15, 0.2) is 53.5 Å². The number of carbonyl (C=O) groups is 1. The van der Waals surface area contributed by atoms with Gasteiger partial charge in [-0.25, -0.2) is 14.1 Å². The molecule has 0 radical (unpaired) electrons. The number of nitrogens with zero attached hydrogens (tertiary/aromatic N) is 4. The summed E-state index contributed by atoms with van der Waals surface area (Å²) in [6, 6.07) is 11.5. The fraction of sp³-hybridized carbons (Fsp3) is 0.217. The number of halogens is 1. The molecule has 0 atom stereocenters. The molecule has 7 nitrogen and oxygen atoms in total. The summed E-state index contributed by atoms with van der Waals surface area (Å²) < 4.78 is 16.2. The van der Waals surface area contributed by atoms with Crippen LogP contribution in [0.25, 0.3) is 16.7 Å². The second-order valence-corrected chi connectivity index (χ2v) is 7.48. The molecule has 2 aromatic carbocycles. The maximum atomic E-state index is 13.2. The third-order valence-corrected chi connectivity index (χ3v) is 5.30. The number of benzene rings is 2. The number of amides is 1. The van der Waals surface area contributed by atoms with E-state index in [0.29, 0.717) is 22.5 Å². The molecule has 0 fully saturated rings. The van der Waals surface area contributed by atoms with Crippen LogP contribution in [0, 0.1) is 26.6 Å². The quantitative estimate of drug-likeness (QED) is 0.535. The molecule has 0 aliphatic carbocycles. The first-order valence-electron chi connectivity index (χ1n) is 9.91. The first-order chi connectivity index (χ1) is 14.8. The van der Waals surface area contributed by atoms with E-state index in [4.69, 9.17) is 0 Å². The Labute approximate surface area is 178 Å². The molecular weight excluding hydrogens is 397 g/mol. The van der Waals surface area contributed by atoms with Crippen molar-refractivity contribution in [2.75, 3.05) is 5.32 Å². The average molecular weight is 419 g/mol. The Balaban J connectivity index is 1.55. The smallest absolute Gasteiger partial charge is 0.264 e. The van der Waals surface area contributed by atoms with Crippen molar-refractivity contribution < 1.29 is 9.18 Å². The second kappa shape index (κ2) is 8.14. The normalized spacial score (nSPS) is 11.1. The summed E-state index contributed by atoms with van der Waals surface area (Å²) in [6.07, 6.45) is 1.58. The number of aromatic nitrogens is 4. The Hall–Kier alpha value is -3.81. The first kappa shape index (κ1) is 20.5. The summed E-state index contributed by atoms with van der Waals surface area (Å²) in [6.45, 7) is 5.91. The van der Waals surface area contributed by atoms with Gasteiger partial charge in [0.15, 0.2) is 5.65 Å². The Morgan fingerprint density at radius 3 is 2.52 bits per heavy atom. The van der Waals surface area contributed by atoms with Crippen LogP contribution < -0.4 is 10.9 Å². The number of nitrogens with one attached hydrogen (secondary N) is 1. The van der Waals surface area contributed by atoms with Crippen molar-refractivity contribution in [3.8, 4) is 5.69 Å². The summed E-state index contributed by atoms with van der Waals surface area (Å²) >= 11 is 0. The van der Waals surface area contributed by atoms with Gasteiger partial charge in [-0.3, -0.25) is 14.2 Å². The summed E-state index contributed by atoms with van der Waals surface area (Å²) in [5.41, 5.74) is 3.71. The lowest BCUT2D eigenvalue weighted by Crippen LogP contribution is -2.26. The van der Waals surface area contributed by atoms with Crippen LogP contribution in [-0.2, 0) is 11.3 Å². The van der Waals surface area contributed by atoms with Crippen LogP contribution in [-0.4, -0.2) is 25.2 Å². The molecule has 1 N–H and O–H groups in total. The molecule has 2 heterocycles. The van der Waals surface area contributed by atoms with Crippen molar-refractivity contribution in [3.05, 3.63) is 81.8 Å². The summed E-state index contributed by atoms with van der Waals surface area (Å²) in [5, 5.41) is 7.45. The molecule has 0 aliphatic heterocycles. The third kappa shape index (κ3) is 4.09. The van der Waals surface area contributed by atoms with Gasteiger partial charge in [0.25, 0.3) is 5.56 Å². The van der Waals surface area contributed by atoms with Crippen LogP contribution in [0.5, 0.6) is 0 Å². The van der Waals surface area contributed by atoms with Crippen LogP contribution in [0.1, 0.15) is 23.4 Å². The molecule has 0 aliphatic rings. The molecule has 4 aromatic rings. The lowest BCUT2D eigenvalue weighted by molar-refractivity contribution is -0.116. The lowest BCUT2D eigenvalue weighted by Gasteiger charge is -2.11. The maximum Gasteiger partial charge on any atom is 0.264 e. The monoisotopic (exact) mass is 419 g/mol. The highest BCUT2D eigenvalue weighted by molar-refractivity contribution is 5.90. The molecule has 0 bridgehead atoms. The zero-order valence-corrected chi connectivity index (χ0v) is 17.5. The van der Waals surface area contributed by atoms with Crippen molar-refractivity contribution in [2.45, 2.75) is 33.7 Å². The average Bonchev–Trinajstić information content (AvgIpc) is 3.15. The molecular formula is C23H22FN5O2. The first-order valence-corrected chi connectivity index (χ1v) is 9.91.